The van der Waals surface area contributed by atoms with Gasteiger partial charge < -0.3 is 15.4 Å². The van der Waals surface area contributed by atoms with Gasteiger partial charge in [0.05, 0.1) is 12.8 Å². The highest BCUT2D eigenvalue weighted by atomic mass is 16.5. The number of anilines is 1. The molecule has 1 aliphatic rings. The zero-order valence-corrected chi connectivity index (χ0v) is 15.9. The number of methoxy groups -OCH3 is 1. The molecule has 0 atom stereocenters. The van der Waals surface area contributed by atoms with E-state index in [1.54, 1.807) is 13.3 Å². The number of benzene rings is 1. The summed E-state index contributed by atoms with van der Waals surface area (Å²) >= 11 is 0. The van der Waals surface area contributed by atoms with E-state index in [0.29, 0.717) is 36.1 Å². The molecule has 6 heteroatoms. The van der Waals surface area contributed by atoms with Crippen LogP contribution in [0.15, 0.2) is 54.7 Å². The van der Waals surface area contributed by atoms with E-state index in [1.807, 2.05) is 60.4 Å². The molecule has 2 aromatic heterocycles. The van der Waals surface area contributed by atoms with Crippen LogP contribution in [0.2, 0.25) is 0 Å². The molecule has 142 valence electrons. The Hall–Kier alpha value is -3.41. The molecule has 0 bridgehead atoms. The van der Waals surface area contributed by atoms with E-state index in [1.165, 1.54) is 0 Å². The Morgan fingerprint density at radius 1 is 1.18 bits per heavy atom. The van der Waals surface area contributed by atoms with Crippen LogP contribution in [0.5, 0.6) is 5.75 Å². The highest BCUT2D eigenvalue weighted by molar-refractivity contribution is 5.95. The normalized spacial score (nSPS) is 13.9. The first-order valence-corrected chi connectivity index (χ1v) is 9.18. The number of amides is 1. The van der Waals surface area contributed by atoms with E-state index >= 15 is 0 Å². The molecule has 4 rings (SSSR count). The molecule has 3 aromatic rings. The molecule has 6 nitrogen and oxygen atoms in total. The molecule has 1 aliphatic heterocycles. The van der Waals surface area contributed by atoms with Crippen LogP contribution in [0.1, 0.15) is 27.7 Å². The van der Waals surface area contributed by atoms with Gasteiger partial charge in [0.25, 0.3) is 5.91 Å². The lowest BCUT2D eigenvalue weighted by molar-refractivity contribution is 0.0599. The van der Waals surface area contributed by atoms with Crippen LogP contribution < -0.4 is 10.5 Å². The SMILES string of the molecule is COc1cc(-c2ccc(C(=O)N3CC(c4ccccn4)C3)cc2)c(N)nc1C. The number of nitrogen functional groups attached to an aromatic ring is 1. The van der Waals surface area contributed by atoms with Crippen LogP contribution in [0.25, 0.3) is 11.1 Å². The molecule has 0 spiro atoms. The third-order valence-electron chi connectivity index (χ3n) is 5.13. The largest absolute Gasteiger partial charge is 0.495 e. The number of nitrogens with zero attached hydrogens (tertiary/aromatic N) is 3. The lowest BCUT2D eigenvalue weighted by Gasteiger charge is -2.39. The molecule has 1 aromatic carbocycles. The summed E-state index contributed by atoms with van der Waals surface area (Å²) in [6.45, 7) is 3.25. The van der Waals surface area contributed by atoms with Crippen molar-refractivity contribution in [3.8, 4) is 16.9 Å². The molecule has 1 amide bonds. The van der Waals surface area contributed by atoms with Gasteiger partial charge in [-0.05, 0) is 42.8 Å². The maximum atomic E-state index is 12.7. The molecule has 2 N–H and O–H groups in total. The maximum Gasteiger partial charge on any atom is 0.253 e. The highest BCUT2D eigenvalue weighted by Gasteiger charge is 2.32. The fourth-order valence-electron chi connectivity index (χ4n) is 3.47. The standard InChI is InChI=1S/C22H22N4O2/c1-14-20(28-2)11-18(21(23)25-14)15-6-8-16(9-7-15)22(27)26-12-17(13-26)19-5-3-4-10-24-19/h3-11,17H,12-13H2,1-2H3,(H2,23,25). The number of carbonyl (C=O) groups excluding carboxylic acids is 1. The van der Waals surface area contributed by atoms with Gasteiger partial charge in [-0.25, -0.2) is 4.98 Å². The van der Waals surface area contributed by atoms with E-state index < -0.39 is 0 Å². The molecule has 3 heterocycles. The van der Waals surface area contributed by atoms with Gasteiger partial charge in [-0.3, -0.25) is 9.78 Å². The van der Waals surface area contributed by atoms with Crippen molar-refractivity contribution in [2.75, 3.05) is 25.9 Å². The monoisotopic (exact) mass is 374 g/mol. The molecule has 1 fully saturated rings. The number of hydrogen-bond acceptors (Lipinski definition) is 5. The summed E-state index contributed by atoms with van der Waals surface area (Å²) in [5, 5.41) is 0. The average Bonchev–Trinajstić information content (AvgIpc) is 2.68. The number of rotatable bonds is 4. The number of aromatic nitrogens is 2. The van der Waals surface area contributed by atoms with Crippen LogP contribution in [-0.4, -0.2) is 41.0 Å². The lowest BCUT2D eigenvalue weighted by atomic mass is 9.94. The van der Waals surface area contributed by atoms with Crippen molar-refractivity contribution in [2.24, 2.45) is 0 Å². The minimum Gasteiger partial charge on any atom is -0.495 e. The Labute approximate surface area is 164 Å². The van der Waals surface area contributed by atoms with Crippen molar-refractivity contribution < 1.29 is 9.53 Å². The van der Waals surface area contributed by atoms with Crippen LogP contribution in [0.3, 0.4) is 0 Å². The topological polar surface area (TPSA) is 81.3 Å². The first-order valence-electron chi connectivity index (χ1n) is 9.18. The fraction of sp³-hybridized carbons (Fsp3) is 0.227. The number of nitrogens with two attached hydrogens (primary N) is 1. The van der Waals surface area contributed by atoms with Crippen LogP contribution in [-0.2, 0) is 0 Å². The second-order valence-corrected chi connectivity index (χ2v) is 6.95. The molecule has 0 unspecified atom stereocenters. The van der Waals surface area contributed by atoms with Crippen LogP contribution >= 0.6 is 0 Å². The minimum atomic E-state index is 0.0336. The van der Waals surface area contributed by atoms with E-state index in [-0.39, 0.29) is 5.91 Å². The third-order valence-corrected chi connectivity index (χ3v) is 5.13. The predicted octanol–water partition coefficient (Wildman–Crippen LogP) is 3.28. The molecule has 0 saturated carbocycles. The summed E-state index contributed by atoms with van der Waals surface area (Å²) in [6.07, 6.45) is 1.79. The van der Waals surface area contributed by atoms with Gasteiger partial charge in [0.2, 0.25) is 0 Å². The van der Waals surface area contributed by atoms with E-state index in [9.17, 15) is 4.79 Å². The predicted molar refractivity (Wildman–Crippen MR) is 108 cm³/mol. The zero-order chi connectivity index (χ0) is 19.7. The second kappa shape index (κ2) is 7.31. The van der Waals surface area contributed by atoms with Crippen molar-refractivity contribution in [1.82, 2.24) is 14.9 Å². The first-order chi connectivity index (χ1) is 13.6. The Bertz CT molecular complexity index is 997. The maximum absolute atomic E-state index is 12.7. The van der Waals surface area contributed by atoms with Gasteiger partial charge in [-0.2, -0.15) is 0 Å². The van der Waals surface area contributed by atoms with Crippen molar-refractivity contribution in [3.63, 3.8) is 0 Å². The van der Waals surface area contributed by atoms with Crippen LogP contribution in [0, 0.1) is 6.92 Å². The number of likely N-dealkylation sites (tertiary alicyclic amines) is 1. The number of ether oxygens (including phenoxy) is 1. The van der Waals surface area contributed by atoms with Gasteiger partial charge in [-0.15, -0.1) is 0 Å². The van der Waals surface area contributed by atoms with E-state index in [0.717, 1.165) is 22.5 Å². The summed E-state index contributed by atoms with van der Waals surface area (Å²) < 4.78 is 5.34. The van der Waals surface area contributed by atoms with Crippen LogP contribution in [0.4, 0.5) is 5.82 Å². The Kier molecular flexibility index (Phi) is 4.69. The Morgan fingerprint density at radius 3 is 2.57 bits per heavy atom. The smallest absolute Gasteiger partial charge is 0.253 e. The van der Waals surface area contributed by atoms with Gasteiger partial charge in [-0.1, -0.05) is 18.2 Å². The average molecular weight is 374 g/mol. The third kappa shape index (κ3) is 3.29. The molecule has 0 radical (unpaired) electrons. The van der Waals surface area contributed by atoms with Gasteiger partial charge in [0.15, 0.2) is 0 Å². The van der Waals surface area contributed by atoms with Crippen molar-refractivity contribution >= 4 is 11.7 Å². The summed E-state index contributed by atoms with van der Waals surface area (Å²) in [7, 11) is 1.61. The summed E-state index contributed by atoms with van der Waals surface area (Å²) in [5.74, 6) is 1.48. The number of aryl methyl sites for hydroxylation is 1. The molecule has 1 saturated heterocycles. The number of hydrogen-bond donors (Lipinski definition) is 1. The summed E-state index contributed by atoms with van der Waals surface area (Å²) in [6, 6.07) is 15.2. The van der Waals surface area contributed by atoms with E-state index in [4.69, 9.17) is 10.5 Å². The highest BCUT2D eigenvalue weighted by Crippen LogP contribution is 2.31. The van der Waals surface area contributed by atoms with Crippen molar-refractivity contribution in [2.45, 2.75) is 12.8 Å². The molecule has 28 heavy (non-hydrogen) atoms. The quantitative estimate of drug-likeness (QED) is 0.758. The van der Waals surface area contributed by atoms with Crippen molar-refractivity contribution in [3.05, 3.63) is 71.7 Å². The van der Waals surface area contributed by atoms with E-state index in [2.05, 4.69) is 9.97 Å². The van der Waals surface area contributed by atoms with Gasteiger partial charge in [0, 0.05) is 42.0 Å². The molecular formula is C22H22N4O2. The Balaban J connectivity index is 1.48. The Morgan fingerprint density at radius 2 is 1.93 bits per heavy atom. The first kappa shape index (κ1) is 18.0. The minimum absolute atomic E-state index is 0.0336. The summed E-state index contributed by atoms with van der Waals surface area (Å²) in [4.78, 5) is 23.3. The lowest BCUT2D eigenvalue weighted by Crippen LogP contribution is -2.48. The van der Waals surface area contributed by atoms with Gasteiger partial charge >= 0.3 is 0 Å². The second-order valence-electron chi connectivity index (χ2n) is 6.95. The molecular weight excluding hydrogens is 352 g/mol. The number of carbonyl (C=O) groups is 1. The van der Waals surface area contributed by atoms with Gasteiger partial charge in [0.1, 0.15) is 11.6 Å². The fourth-order valence-corrected chi connectivity index (χ4v) is 3.47. The zero-order valence-electron chi connectivity index (χ0n) is 15.9. The van der Waals surface area contributed by atoms with Crippen molar-refractivity contribution in [1.29, 1.82) is 0 Å². The molecule has 0 aliphatic carbocycles. The summed E-state index contributed by atoms with van der Waals surface area (Å²) in [5.41, 5.74) is 10.2. The number of pyridine rings is 2.